The first kappa shape index (κ1) is 21.0. The molecule has 3 rings (SSSR count). The first-order valence-electron chi connectivity index (χ1n) is 9.39. The maximum atomic E-state index is 12.8. The van der Waals surface area contributed by atoms with Gasteiger partial charge in [-0.15, -0.1) is 0 Å². The zero-order valence-corrected chi connectivity index (χ0v) is 16.0. The number of anilines is 1. The standard InChI is InChI=1S/C20H21FN4O5/c21-15-5-7-16(8-6-15)30-13-19(26)22-23-20(27)14-9-11-24(12-10-14)17-3-1-2-4-18(17)25(28)29/h1-8,14H,9-13H2,(H,22,26)(H,23,27). The molecule has 0 aromatic heterocycles. The van der Waals surface area contributed by atoms with Crippen molar-refractivity contribution in [2.24, 2.45) is 5.92 Å². The Morgan fingerprint density at radius 3 is 2.43 bits per heavy atom. The largest absolute Gasteiger partial charge is 0.484 e. The summed E-state index contributed by atoms with van der Waals surface area (Å²) in [5, 5.41) is 11.2. The number of benzene rings is 2. The second-order valence-electron chi connectivity index (χ2n) is 6.79. The van der Waals surface area contributed by atoms with Crippen LogP contribution in [0, 0.1) is 21.8 Å². The molecule has 0 spiro atoms. The molecule has 0 atom stereocenters. The van der Waals surface area contributed by atoms with Crippen LogP contribution < -0.4 is 20.5 Å². The lowest BCUT2D eigenvalue weighted by molar-refractivity contribution is -0.384. The van der Waals surface area contributed by atoms with Crippen LogP contribution >= 0.6 is 0 Å². The highest BCUT2D eigenvalue weighted by Crippen LogP contribution is 2.31. The zero-order valence-electron chi connectivity index (χ0n) is 16.0. The van der Waals surface area contributed by atoms with Crippen molar-refractivity contribution < 1.29 is 23.6 Å². The lowest BCUT2D eigenvalue weighted by Crippen LogP contribution is -2.48. The number of para-hydroxylation sites is 2. The van der Waals surface area contributed by atoms with Crippen LogP contribution in [0.15, 0.2) is 48.5 Å². The van der Waals surface area contributed by atoms with Gasteiger partial charge in [-0.25, -0.2) is 4.39 Å². The van der Waals surface area contributed by atoms with Crippen molar-refractivity contribution in [3.05, 3.63) is 64.5 Å². The summed E-state index contributed by atoms with van der Waals surface area (Å²) >= 11 is 0. The number of nitrogens with one attached hydrogen (secondary N) is 2. The molecule has 1 aliphatic rings. The topological polar surface area (TPSA) is 114 Å². The molecule has 1 heterocycles. The van der Waals surface area contributed by atoms with Gasteiger partial charge in [-0.2, -0.15) is 0 Å². The normalized spacial score (nSPS) is 14.1. The van der Waals surface area contributed by atoms with E-state index in [1.807, 2.05) is 4.90 Å². The molecule has 0 aliphatic carbocycles. The number of hydrogen-bond donors (Lipinski definition) is 2. The van der Waals surface area contributed by atoms with Crippen molar-refractivity contribution in [1.29, 1.82) is 0 Å². The molecule has 30 heavy (non-hydrogen) atoms. The molecule has 9 nitrogen and oxygen atoms in total. The van der Waals surface area contributed by atoms with Crippen molar-refractivity contribution in [1.82, 2.24) is 10.9 Å². The highest BCUT2D eigenvalue weighted by molar-refractivity contribution is 5.84. The third-order valence-electron chi connectivity index (χ3n) is 4.79. The lowest BCUT2D eigenvalue weighted by atomic mass is 9.95. The highest BCUT2D eigenvalue weighted by Gasteiger charge is 2.28. The minimum atomic E-state index is -0.551. The van der Waals surface area contributed by atoms with E-state index in [4.69, 9.17) is 4.74 Å². The molecule has 2 aromatic carbocycles. The minimum absolute atomic E-state index is 0.0359. The molecular formula is C20H21FN4O5. The highest BCUT2D eigenvalue weighted by atomic mass is 19.1. The summed E-state index contributed by atoms with van der Waals surface area (Å²) in [7, 11) is 0. The molecule has 2 amide bonds. The zero-order chi connectivity index (χ0) is 21.5. The van der Waals surface area contributed by atoms with Gasteiger partial charge in [0.1, 0.15) is 17.3 Å². The number of nitro benzene ring substituents is 1. The SMILES string of the molecule is O=C(COc1ccc(F)cc1)NNC(=O)C1CCN(c2ccccc2[N+](=O)[O-])CC1. The van der Waals surface area contributed by atoms with Crippen LogP contribution in [0.5, 0.6) is 5.75 Å². The Labute approximate surface area is 171 Å². The van der Waals surface area contributed by atoms with Gasteiger partial charge in [0.2, 0.25) is 5.91 Å². The number of carbonyl (C=O) groups is 2. The molecule has 1 fully saturated rings. The molecule has 0 unspecified atom stereocenters. The summed E-state index contributed by atoms with van der Waals surface area (Å²) in [5.74, 6) is -1.27. The number of piperidine rings is 1. The number of amides is 2. The van der Waals surface area contributed by atoms with E-state index >= 15 is 0 Å². The molecule has 0 bridgehead atoms. The number of nitro groups is 1. The second-order valence-corrected chi connectivity index (χ2v) is 6.79. The first-order chi connectivity index (χ1) is 14.4. The maximum Gasteiger partial charge on any atom is 0.292 e. The van der Waals surface area contributed by atoms with Crippen LogP contribution in [0.3, 0.4) is 0 Å². The number of carbonyl (C=O) groups excluding carboxylic acids is 2. The third kappa shape index (κ3) is 5.43. The van der Waals surface area contributed by atoms with Crippen LogP contribution in [-0.2, 0) is 9.59 Å². The Kier molecular flexibility index (Phi) is 6.79. The number of hydrogen-bond acceptors (Lipinski definition) is 6. The first-order valence-corrected chi connectivity index (χ1v) is 9.39. The molecule has 0 radical (unpaired) electrons. The Bertz CT molecular complexity index is 914. The molecule has 0 saturated carbocycles. The number of hydrazine groups is 1. The van der Waals surface area contributed by atoms with Crippen LogP contribution in [0.1, 0.15) is 12.8 Å². The van der Waals surface area contributed by atoms with Crippen LogP contribution in [0.2, 0.25) is 0 Å². The predicted octanol–water partition coefficient (Wildman–Crippen LogP) is 2.18. The van der Waals surface area contributed by atoms with E-state index in [0.29, 0.717) is 37.4 Å². The maximum absolute atomic E-state index is 12.8. The van der Waals surface area contributed by atoms with Crippen molar-refractivity contribution >= 4 is 23.2 Å². The summed E-state index contributed by atoms with van der Waals surface area (Å²) in [6.45, 7) is 0.650. The van der Waals surface area contributed by atoms with Crippen LogP contribution in [0.4, 0.5) is 15.8 Å². The molecule has 158 valence electrons. The van der Waals surface area contributed by atoms with E-state index in [0.717, 1.165) is 0 Å². The van der Waals surface area contributed by atoms with Crippen molar-refractivity contribution in [3.63, 3.8) is 0 Å². The van der Waals surface area contributed by atoms with Gasteiger partial charge in [-0.3, -0.25) is 30.6 Å². The number of nitrogens with zero attached hydrogens (tertiary/aromatic N) is 2. The molecule has 2 N–H and O–H groups in total. The van der Waals surface area contributed by atoms with E-state index in [1.54, 1.807) is 18.2 Å². The Morgan fingerprint density at radius 2 is 1.77 bits per heavy atom. The summed E-state index contributed by atoms with van der Waals surface area (Å²) in [6.07, 6.45) is 1.000. The Hall–Kier alpha value is -3.69. The second kappa shape index (κ2) is 9.68. The molecule has 10 heteroatoms. The van der Waals surface area contributed by atoms with Gasteiger partial charge < -0.3 is 9.64 Å². The van der Waals surface area contributed by atoms with E-state index in [2.05, 4.69) is 10.9 Å². The molecular weight excluding hydrogens is 395 g/mol. The van der Waals surface area contributed by atoms with E-state index in [1.165, 1.54) is 30.3 Å². The smallest absolute Gasteiger partial charge is 0.292 e. The van der Waals surface area contributed by atoms with Gasteiger partial charge in [0.15, 0.2) is 6.61 Å². The van der Waals surface area contributed by atoms with Gasteiger partial charge in [0, 0.05) is 25.1 Å². The molecule has 1 saturated heterocycles. The van der Waals surface area contributed by atoms with Gasteiger partial charge in [-0.1, -0.05) is 12.1 Å². The predicted molar refractivity (Wildman–Crippen MR) is 106 cm³/mol. The monoisotopic (exact) mass is 416 g/mol. The fraction of sp³-hybridized carbons (Fsp3) is 0.300. The van der Waals surface area contributed by atoms with Crippen molar-refractivity contribution in [2.45, 2.75) is 12.8 Å². The molecule has 2 aromatic rings. The average Bonchev–Trinajstić information content (AvgIpc) is 2.77. The van der Waals surface area contributed by atoms with E-state index in [9.17, 15) is 24.1 Å². The number of rotatable bonds is 6. The van der Waals surface area contributed by atoms with Crippen LogP contribution in [0.25, 0.3) is 0 Å². The van der Waals surface area contributed by atoms with E-state index in [-0.39, 0.29) is 24.1 Å². The molecule has 1 aliphatic heterocycles. The summed E-state index contributed by atoms with van der Waals surface area (Å²) in [6, 6.07) is 11.7. The van der Waals surface area contributed by atoms with Crippen LogP contribution in [-0.4, -0.2) is 36.4 Å². The van der Waals surface area contributed by atoms with E-state index < -0.39 is 16.6 Å². The third-order valence-corrected chi connectivity index (χ3v) is 4.79. The lowest BCUT2D eigenvalue weighted by Gasteiger charge is -2.32. The summed E-state index contributed by atoms with van der Waals surface area (Å²) in [5.41, 5.74) is 5.24. The summed E-state index contributed by atoms with van der Waals surface area (Å²) < 4.78 is 18.0. The van der Waals surface area contributed by atoms with Crippen molar-refractivity contribution in [3.8, 4) is 5.75 Å². The van der Waals surface area contributed by atoms with Gasteiger partial charge in [0.25, 0.3) is 11.6 Å². The van der Waals surface area contributed by atoms with Gasteiger partial charge >= 0.3 is 0 Å². The summed E-state index contributed by atoms with van der Waals surface area (Å²) in [4.78, 5) is 36.8. The Morgan fingerprint density at radius 1 is 1.10 bits per heavy atom. The number of halogens is 1. The quantitative estimate of drug-likeness (QED) is 0.551. The van der Waals surface area contributed by atoms with Gasteiger partial charge in [-0.05, 0) is 43.2 Å². The number of ether oxygens (including phenoxy) is 1. The average molecular weight is 416 g/mol. The fourth-order valence-corrected chi connectivity index (χ4v) is 3.22. The van der Waals surface area contributed by atoms with Gasteiger partial charge in [0.05, 0.1) is 4.92 Å². The van der Waals surface area contributed by atoms with Crippen molar-refractivity contribution in [2.75, 3.05) is 24.6 Å². The fourth-order valence-electron chi connectivity index (χ4n) is 3.22. The Balaban J connectivity index is 1.42. The minimum Gasteiger partial charge on any atom is -0.484 e.